The van der Waals surface area contributed by atoms with Gasteiger partial charge in [0, 0.05) is 18.0 Å². The van der Waals surface area contributed by atoms with Crippen molar-refractivity contribution in [1.82, 2.24) is 10.3 Å². The smallest absolute Gasteiger partial charge is 0.115 e. The van der Waals surface area contributed by atoms with E-state index in [1.807, 2.05) is 19.1 Å². The van der Waals surface area contributed by atoms with Crippen molar-refractivity contribution in [1.29, 1.82) is 0 Å². The van der Waals surface area contributed by atoms with Gasteiger partial charge in [0.25, 0.3) is 0 Å². The minimum atomic E-state index is 0.299. The minimum Gasteiger partial charge on any atom is -0.508 e. The van der Waals surface area contributed by atoms with Crippen LogP contribution < -0.4 is 5.32 Å². The summed E-state index contributed by atoms with van der Waals surface area (Å²) in [5.41, 5.74) is 2.29. The standard InChI is InChI=1S/C14H18N2OS/c1-3-14(11-4-6-13(17)7-5-11)15-8-12-9-18-10(2)16-12/h4-7,9,14-15,17H,3,8H2,1-2H3. The summed E-state index contributed by atoms with van der Waals surface area (Å²) in [5, 5.41) is 16.0. The fourth-order valence-electron chi connectivity index (χ4n) is 1.92. The number of thiazole rings is 1. The molecule has 96 valence electrons. The second-order valence-corrected chi connectivity index (χ2v) is 5.35. The lowest BCUT2D eigenvalue weighted by Gasteiger charge is -2.16. The average Bonchev–Trinajstić information content (AvgIpc) is 2.78. The van der Waals surface area contributed by atoms with E-state index in [0.29, 0.717) is 11.8 Å². The SMILES string of the molecule is CCC(NCc1csc(C)n1)c1ccc(O)cc1. The second-order valence-electron chi connectivity index (χ2n) is 4.29. The summed E-state index contributed by atoms with van der Waals surface area (Å²) >= 11 is 1.68. The van der Waals surface area contributed by atoms with Gasteiger partial charge in [-0.3, -0.25) is 0 Å². The van der Waals surface area contributed by atoms with E-state index >= 15 is 0 Å². The molecule has 0 fully saturated rings. The Hall–Kier alpha value is -1.39. The number of hydrogen-bond donors (Lipinski definition) is 2. The lowest BCUT2D eigenvalue weighted by atomic mass is 10.0. The normalized spacial score (nSPS) is 12.6. The van der Waals surface area contributed by atoms with Crippen LogP contribution in [0, 0.1) is 6.92 Å². The van der Waals surface area contributed by atoms with Gasteiger partial charge in [0.15, 0.2) is 0 Å². The van der Waals surface area contributed by atoms with Crippen molar-refractivity contribution in [3.05, 3.63) is 45.9 Å². The van der Waals surface area contributed by atoms with Crippen molar-refractivity contribution in [3.8, 4) is 5.75 Å². The molecular formula is C14H18N2OS. The fraction of sp³-hybridized carbons (Fsp3) is 0.357. The Bertz CT molecular complexity index is 493. The molecule has 18 heavy (non-hydrogen) atoms. The summed E-state index contributed by atoms with van der Waals surface area (Å²) in [5.74, 6) is 0.309. The van der Waals surface area contributed by atoms with Gasteiger partial charge in [-0.25, -0.2) is 4.98 Å². The van der Waals surface area contributed by atoms with E-state index in [0.717, 1.165) is 23.7 Å². The first-order valence-corrected chi connectivity index (χ1v) is 7.00. The van der Waals surface area contributed by atoms with Gasteiger partial charge in [-0.1, -0.05) is 19.1 Å². The van der Waals surface area contributed by atoms with Crippen molar-refractivity contribution in [2.75, 3.05) is 0 Å². The van der Waals surface area contributed by atoms with Gasteiger partial charge in [-0.05, 0) is 31.0 Å². The van der Waals surface area contributed by atoms with Gasteiger partial charge >= 0.3 is 0 Å². The van der Waals surface area contributed by atoms with Crippen LogP contribution in [0.25, 0.3) is 0 Å². The number of phenolic OH excluding ortho intramolecular Hbond substituents is 1. The molecule has 0 aliphatic heterocycles. The van der Waals surface area contributed by atoms with Crippen LogP contribution in [0.3, 0.4) is 0 Å². The van der Waals surface area contributed by atoms with Crippen molar-refractivity contribution < 1.29 is 5.11 Å². The zero-order chi connectivity index (χ0) is 13.0. The molecule has 1 unspecified atom stereocenters. The van der Waals surface area contributed by atoms with Gasteiger partial charge in [0.1, 0.15) is 5.75 Å². The molecule has 2 N–H and O–H groups in total. The van der Waals surface area contributed by atoms with Crippen molar-refractivity contribution in [3.63, 3.8) is 0 Å². The number of nitrogens with zero attached hydrogens (tertiary/aromatic N) is 1. The first-order valence-electron chi connectivity index (χ1n) is 6.12. The highest BCUT2D eigenvalue weighted by atomic mass is 32.1. The Morgan fingerprint density at radius 2 is 2.06 bits per heavy atom. The maximum absolute atomic E-state index is 9.29. The molecule has 1 aromatic heterocycles. The van der Waals surface area contributed by atoms with E-state index in [-0.39, 0.29) is 0 Å². The average molecular weight is 262 g/mol. The molecular weight excluding hydrogens is 244 g/mol. The number of aromatic nitrogens is 1. The maximum atomic E-state index is 9.29. The molecule has 4 heteroatoms. The summed E-state index contributed by atoms with van der Waals surface area (Å²) in [6.45, 7) is 4.95. The third-order valence-electron chi connectivity index (χ3n) is 2.90. The van der Waals surface area contributed by atoms with Crippen LogP contribution in [0.4, 0.5) is 0 Å². The van der Waals surface area contributed by atoms with E-state index < -0.39 is 0 Å². The topological polar surface area (TPSA) is 45.2 Å². The summed E-state index contributed by atoms with van der Waals surface area (Å²) in [6.07, 6.45) is 1.01. The van der Waals surface area contributed by atoms with Crippen molar-refractivity contribution in [2.24, 2.45) is 0 Å². The van der Waals surface area contributed by atoms with E-state index in [4.69, 9.17) is 0 Å². The second kappa shape index (κ2) is 5.98. The third-order valence-corrected chi connectivity index (χ3v) is 3.72. The van der Waals surface area contributed by atoms with Gasteiger partial charge < -0.3 is 10.4 Å². The van der Waals surface area contributed by atoms with Crippen LogP contribution in [0.1, 0.15) is 35.7 Å². The summed E-state index contributed by atoms with van der Waals surface area (Å²) < 4.78 is 0. The summed E-state index contributed by atoms with van der Waals surface area (Å²) in [7, 11) is 0. The van der Waals surface area contributed by atoms with Gasteiger partial charge in [0.05, 0.1) is 10.7 Å². The van der Waals surface area contributed by atoms with Crippen LogP contribution in [0.15, 0.2) is 29.6 Å². The number of benzene rings is 1. The van der Waals surface area contributed by atoms with Crippen LogP contribution in [0.5, 0.6) is 5.75 Å². The quantitative estimate of drug-likeness (QED) is 0.868. The molecule has 0 saturated heterocycles. The van der Waals surface area contributed by atoms with Crippen LogP contribution in [0.2, 0.25) is 0 Å². The molecule has 0 radical (unpaired) electrons. The molecule has 1 aromatic carbocycles. The van der Waals surface area contributed by atoms with Gasteiger partial charge in [0.2, 0.25) is 0 Å². The molecule has 0 amide bonds. The summed E-state index contributed by atoms with van der Waals surface area (Å²) in [4.78, 5) is 4.44. The van der Waals surface area contributed by atoms with Crippen molar-refractivity contribution in [2.45, 2.75) is 32.9 Å². The molecule has 1 atom stereocenters. The molecule has 0 saturated carbocycles. The highest BCUT2D eigenvalue weighted by molar-refractivity contribution is 7.09. The van der Waals surface area contributed by atoms with Crippen molar-refractivity contribution >= 4 is 11.3 Å². The van der Waals surface area contributed by atoms with Crippen LogP contribution in [-0.2, 0) is 6.54 Å². The molecule has 2 rings (SSSR count). The largest absolute Gasteiger partial charge is 0.508 e. The van der Waals surface area contributed by atoms with E-state index in [1.54, 1.807) is 23.5 Å². The maximum Gasteiger partial charge on any atom is 0.115 e. The monoisotopic (exact) mass is 262 g/mol. The van der Waals surface area contributed by atoms with Crippen LogP contribution >= 0.6 is 11.3 Å². The Morgan fingerprint density at radius 3 is 2.61 bits per heavy atom. The molecule has 0 aliphatic rings. The zero-order valence-electron chi connectivity index (χ0n) is 10.7. The molecule has 0 spiro atoms. The predicted octanol–water partition coefficient (Wildman–Crippen LogP) is 3.40. The van der Waals surface area contributed by atoms with Gasteiger partial charge in [-0.2, -0.15) is 0 Å². The minimum absolute atomic E-state index is 0.299. The lowest BCUT2D eigenvalue weighted by Crippen LogP contribution is -2.20. The number of phenols is 1. The summed E-state index contributed by atoms with van der Waals surface area (Å²) in [6, 6.07) is 7.68. The molecule has 3 nitrogen and oxygen atoms in total. The third kappa shape index (κ3) is 3.31. The first-order chi connectivity index (χ1) is 8.69. The molecule has 0 bridgehead atoms. The highest BCUT2D eigenvalue weighted by Gasteiger charge is 2.09. The number of aryl methyl sites for hydroxylation is 1. The number of nitrogens with one attached hydrogen (secondary N) is 1. The lowest BCUT2D eigenvalue weighted by molar-refractivity contribution is 0.473. The molecule has 1 heterocycles. The Kier molecular flexibility index (Phi) is 4.33. The van der Waals surface area contributed by atoms with Crippen LogP contribution in [-0.4, -0.2) is 10.1 Å². The number of aromatic hydroxyl groups is 1. The zero-order valence-corrected chi connectivity index (χ0v) is 11.5. The number of rotatable bonds is 5. The Labute approximate surface area is 112 Å². The fourth-order valence-corrected chi connectivity index (χ4v) is 2.53. The van der Waals surface area contributed by atoms with E-state index in [2.05, 4.69) is 22.6 Å². The predicted molar refractivity (Wildman–Crippen MR) is 74.8 cm³/mol. The van der Waals surface area contributed by atoms with Gasteiger partial charge in [-0.15, -0.1) is 11.3 Å². The van der Waals surface area contributed by atoms with E-state index in [9.17, 15) is 5.11 Å². The Balaban J connectivity index is 1.99. The molecule has 2 aromatic rings. The number of hydrogen-bond acceptors (Lipinski definition) is 4. The first kappa shape index (κ1) is 13.1. The van der Waals surface area contributed by atoms with E-state index in [1.165, 1.54) is 5.56 Å². The highest BCUT2D eigenvalue weighted by Crippen LogP contribution is 2.20. The Morgan fingerprint density at radius 1 is 1.33 bits per heavy atom. The molecule has 0 aliphatic carbocycles.